The fraction of sp³-hybridized carbons (Fsp3) is 0.267. The average Bonchev–Trinajstić information content (AvgIpc) is 2.85. The molecule has 2 rings (SSSR count). The molecule has 0 fully saturated rings. The van der Waals surface area contributed by atoms with Gasteiger partial charge in [-0.3, -0.25) is 0 Å². The first-order valence-electron chi connectivity index (χ1n) is 6.29. The summed E-state index contributed by atoms with van der Waals surface area (Å²) in [5.41, 5.74) is 8.32. The van der Waals surface area contributed by atoms with Crippen LogP contribution in [0.2, 0.25) is 0 Å². The third-order valence-corrected chi connectivity index (χ3v) is 3.05. The number of hydrogen-bond acceptors (Lipinski definition) is 5. The van der Waals surface area contributed by atoms with Gasteiger partial charge >= 0.3 is 5.97 Å². The van der Waals surface area contributed by atoms with Crippen molar-refractivity contribution in [2.45, 2.75) is 20.4 Å². The van der Waals surface area contributed by atoms with Crippen molar-refractivity contribution in [1.82, 2.24) is 0 Å². The maximum Gasteiger partial charge on any atom is 0.340 e. The van der Waals surface area contributed by atoms with Crippen molar-refractivity contribution < 1.29 is 13.9 Å². The predicted molar refractivity (Wildman–Crippen MR) is 77.7 cm³/mol. The van der Waals surface area contributed by atoms with Gasteiger partial charge in [-0.2, -0.15) is 0 Å². The van der Waals surface area contributed by atoms with E-state index in [0.29, 0.717) is 17.8 Å². The first kappa shape index (κ1) is 14.0. The van der Waals surface area contributed by atoms with Crippen molar-refractivity contribution in [3.63, 3.8) is 0 Å². The Labute approximate surface area is 117 Å². The quantitative estimate of drug-likeness (QED) is 0.662. The summed E-state index contributed by atoms with van der Waals surface area (Å²) in [7, 11) is 1.34. The van der Waals surface area contributed by atoms with Gasteiger partial charge in [-0.25, -0.2) is 4.79 Å². The maximum absolute atomic E-state index is 11.7. The van der Waals surface area contributed by atoms with Gasteiger partial charge in [-0.05, 0) is 43.7 Å². The second-order valence-electron chi connectivity index (χ2n) is 4.61. The van der Waals surface area contributed by atoms with Gasteiger partial charge < -0.3 is 20.2 Å². The van der Waals surface area contributed by atoms with Crippen LogP contribution in [-0.4, -0.2) is 13.1 Å². The van der Waals surface area contributed by atoms with Crippen LogP contribution in [-0.2, 0) is 11.3 Å². The van der Waals surface area contributed by atoms with E-state index in [1.807, 2.05) is 32.0 Å². The molecule has 0 atom stereocenters. The van der Waals surface area contributed by atoms with Gasteiger partial charge in [-0.1, -0.05) is 0 Å². The molecule has 0 unspecified atom stereocenters. The topological polar surface area (TPSA) is 77.5 Å². The number of carbonyl (C=O) groups is 1. The normalized spacial score (nSPS) is 10.3. The smallest absolute Gasteiger partial charge is 0.340 e. The number of carbonyl (C=O) groups excluding carboxylic acids is 1. The molecule has 106 valence electrons. The standard InChI is InChI=1S/C15H18N2O3/c1-9-6-11(7-13(14(9)16)15(18)19-3)17-8-12-5-4-10(2)20-12/h4-7,17H,8,16H2,1-3H3. The minimum absolute atomic E-state index is 0.366. The van der Waals surface area contributed by atoms with Crippen molar-refractivity contribution >= 4 is 17.3 Å². The Bertz CT molecular complexity index is 632. The molecule has 20 heavy (non-hydrogen) atoms. The molecule has 0 radical (unpaired) electrons. The molecule has 0 saturated heterocycles. The van der Waals surface area contributed by atoms with E-state index in [1.165, 1.54) is 7.11 Å². The van der Waals surface area contributed by atoms with E-state index in [0.717, 1.165) is 22.8 Å². The lowest BCUT2D eigenvalue weighted by molar-refractivity contribution is 0.0602. The summed E-state index contributed by atoms with van der Waals surface area (Å²) in [4.78, 5) is 11.7. The lowest BCUT2D eigenvalue weighted by Gasteiger charge is -2.11. The SMILES string of the molecule is COC(=O)c1cc(NCc2ccc(C)o2)cc(C)c1N. The summed E-state index contributed by atoms with van der Waals surface area (Å²) in [5, 5.41) is 3.20. The number of aryl methyl sites for hydroxylation is 2. The van der Waals surface area contributed by atoms with Crippen molar-refractivity contribution in [3.8, 4) is 0 Å². The van der Waals surface area contributed by atoms with Gasteiger partial charge in [0.05, 0.1) is 19.2 Å². The van der Waals surface area contributed by atoms with Crippen LogP contribution in [0, 0.1) is 13.8 Å². The highest BCUT2D eigenvalue weighted by Crippen LogP contribution is 2.24. The summed E-state index contributed by atoms with van der Waals surface area (Å²) in [6.07, 6.45) is 0. The molecule has 0 aliphatic carbocycles. The molecule has 0 amide bonds. The number of methoxy groups -OCH3 is 1. The van der Waals surface area contributed by atoms with Crippen molar-refractivity contribution in [3.05, 3.63) is 46.9 Å². The largest absolute Gasteiger partial charge is 0.465 e. The Kier molecular flexibility index (Phi) is 3.98. The Hall–Kier alpha value is -2.43. The molecule has 0 spiro atoms. The third kappa shape index (κ3) is 2.93. The number of nitrogens with two attached hydrogens (primary N) is 1. The Morgan fingerprint density at radius 1 is 1.35 bits per heavy atom. The average molecular weight is 274 g/mol. The van der Waals surface area contributed by atoms with Crippen molar-refractivity contribution in [2.24, 2.45) is 0 Å². The fourth-order valence-electron chi connectivity index (χ4n) is 1.95. The van der Waals surface area contributed by atoms with E-state index in [9.17, 15) is 4.79 Å². The Morgan fingerprint density at radius 2 is 2.10 bits per heavy atom. The highest BCUT2D eigenvalue weighted by Gasteiger charge is 2.13. The maximum atomic E-state index is 11.7. The molecule has 3 N–H and O–H groups in total. The Balaban J connectivity index is 2.19. The highest BCUT2D eigenvalue weighted by atomic mass is 16.5. The van der Waals surface area contributed by atoms with Gasteiger partial charge in [0.1, 0.15) is 11.5 Å². The van der Waals surface area contributed by atoms with Gasteiger partial charge in [0.25, 0.3) is 0 Å². The van der Waals surface area contributed by atoms with Crippen LogP contribution in [0.15, 0.2) is 28.7 Å². The minimum Gasteiger partial charge on any atom is -0.465 e. The number of nitrogens with one attached hydrogen (secondary N) is 1. The molecule has 1 aromatic carbocycles. The molecule has 0 saturated carbocycles. The number of rotatable bonds is 4. The van der Waals surface area contributed by atoms with E-state index in [2.05, 4.69) is 5.32 Å². The number of furan rings is 1. The molecule has 5 heteroatoms. The molecular formula is C15H18N2O3. The lowest BCUT2D eigenvalue weighted by Crippen LogP contribution is -2.09. The van der Waals surface area contributed by atoms with Gasteiger partial charge in [-0.15, -0.1) is 0 Å². The molecule has 0 aliphatic rings. The first-order valence-corrected chi connectivity index (χ1v) is 6.29. The first-order chi connectivity index (χ1) is 9.51. The van der Waals surface area contributed by atoms with E-state index in [1.54, 1.807) is 6.07 Å². The van der Waals surface area contributed by atoms with E-state index >= 15 is 0 Å². The van der Waals surface area contributed by atoms with Crippen LogP contribution in [0.3, 0.4) is 0 Å². The van der Waals surface area contributed by atoms with E-state index < -0.39 is 5.97 Å². The fourth-order valence-corrected chi connectivity index (χ4v) is 1.95. The summed E-state index contributed by atoms with van der Waals surface area (Å²) in [5.74, 6) is 1.25. The molecule has 1 aromatic heterocycles. The Morgan fingerprint density at radius 3 is 2.70 bits per heavy atom. The zero-order chi connectivity index (χ0) is 14.7. The van der Waals surface area contributed by atoms with Crippen LogP contribution >= 0.6 is 0 Å². The number of esters is 1. The van der Waals surface area contributed by atoms with Crippen molar-refractivity contribution in [2.75, 3.05) is 18.2 Å². The minimum atomic E-state index is -0.442. The molecule has 0 aliphatic heterocycles. The number of hydrogen-bond donors (Lipinski definition) is 2. The van der Waals surface area contributed by atoms with Crippen LogP contribution in [0.25, 0.3) is 0 Å². The second-order valence-corrected chi connectivity index (χ2v) is 4.61. The number of anilines is 2. The number of nitrogen functional groups attached to an aromatic ring is 1. The molecular weight excluding hydrogens is 256 g/mol. The van der Waals surface area contributed by atoms with E-state index in [4.69, 9.17) is 14.9 Å². The zero-order valence-electron chi connectivity index (χ0n) is 11.8. The summed E-state index contributed by atoms with van der Waals surface area (Å²) < 4.78 is 10.2. The second kappa shape index (κ2) is 5.69. The summed E-state index contributed by atoms with van der Waals surface area (Å²) in [6, 6.07) is 7.39. The zero-order valence-corrected chi connectivity index (χ0v) is 11.8. The van der Waals surface area contributed by atoms with Crippen molar-refractivity contribution in [1.29, 1.82) is 0 Å². The van der Waals surface area contributed by atoms with Gasteiger partial charge in [0.2, 0.25) is 0 Å². The lowest BCUT2D eigenvalue weighted by atomic mass is 10.1. The highest BCUT2D eigenvalue weighted by molar-refractivity contribution is 5.97. The number of ether oxygens (including phenoxy) is 1. The monoisotopic (exact) mass is 274 g/mol. The third-order valence-electron chi connectivity index (χ3n) is 3.05. The molecule has 1 heterocycles. The summed E-state index contributed by atoms with van der Waals surface area (Å²) >= 11 is 0. The predicted octanol–water partition coefficient (Wildman–Crippen LogP) is 2.88. The van der Waals surface area contributed by atoms with Gasteiger partial charge in [0.15, 0.2) is 0 Å². The van der Waals surface area contributed by atoms with E-state index in [-0.39, 0.29) is 0 Å². The van der Waals surface area contributed by atoms with Gasteiger partial charge in [0, 0.05) is 11.4 Å². The molecule has 5 nitrogen and oxygen atoms in total. The van der Waals surface area contributed by atoms with Crippen LogP contribution in [0.4, 0.5) is 11.4 Å². The van der Waals surface area contributed by atoms with Crippen LogP contribution in [0.1, 0.15) is 27.4 Å². The van der Waals surface area contributed by atoms with Crippen LogP contribution < -0.4 is 11.1 Å². The molecule has 0 bridgehead atoms. The number of benzene rings is 1. The molecule has 2 aromatic rings. The summed E-state index contributed by atoms with van der Waals surface area (Å²) in [6.45, 7) is 4.29. The van der Waals surface area contributed by atoms with Crippen LogP contribution in [0.5, 0.6) is 0 Å².